The smallest absolute Gasteiger partial charge is 0.253 e. The number of likely N-dealkylation sites (tertiary alicyclic amines) is 1. The number of hydrogen-bond donors (Lipinski definition) is 0. The first kappa shape index (κ1) is 20.8. The summed E-state index contributed by atoms with van der Waals surface area (Å²) in [5.41, 5.74) is 2.05. The molecule has 5 rings (SSSR count). The molecule has 4 fully saturated rings. The van der Waals surface area contributed by atoms with Crippen LogP contribution in [0.15, 0.2) is 24.3 Å². The van der Waals surface area contributed by atoms with E-state index in [4.69, 9.17) is 0 Å². The van der Waals surface area contributed by atoms with Crippen molar-refractivity contribution in [1.82, 2.24) is 9.80 Å². The van der Waals surface area contributed by atoms with Gasteiger partial charge < -0.3 is 14.7 Å². The summed E-state index contributed by atoms with van der Waals surface area (Å²) in [5.74, 6) is 1.39. The Morgan fingerprint density at radius 3 is 2.48 bits per heavy atom. The molecule has 4 aliphatic heterocycles. The second kappa shape index (κ2) is 8.84. The van der Waals surface area contributed by atoms with Crippen LogP contribution in [0.4, 0.5) is 5.69 Å². The van der Waals surface area contributed by atoms with Crippen LogP contribution in [-0.4, -0.2) is 59.9 Å². The second-order valence-corrected chi connectivity index (χ2v) is 10.2. The fourth-order valence-electron chi connectivity index (χ4n) is 6.76. The molecule has 2 amide bonds. The zero-order valence-electron chi connectivity index (χ0n) is 19.0. The van der Waals surface area contributed by atoms with Gasteiger partial charge in [0.05, 0.1) is 0 Å². The van der Waals surface area contributed by atoms with Gasteiger partial charge in [0.1, 0.15) is 0 Å². The Labute approximate surface area is 186 Å². The van der Waals surface area contributed by atoms with E-state index in [2.05, 4.69) is 33.8 Å². The first-order chi connectivity index (χ1) is 15.2. The van der Waals surface area contributed by atoms with E-state index in [-0.39, 0.29) is 5.91 Å². The summed E-state index contributed by atoms with van der Waals surface area (Å²) in [6, 6.07) is 8.96. The number of benzene rings is 1. The molecule has 0 aliphatic carbocycles. The molecule has 5 heteroatoms. The highest BCUT2D eigenvalue weighted by Crippen LogP contribution is 2.43. The summed E-state index contributed by atoms with van der Waals surface area (Å²) in [4.78, 5) is 33.0. The highest BCUT2D eigenvalue weighted by Gasteiger charge is 2.49. The van der Waals surface area contributed by atoms with E-state index in [1.165, 1.54) is 31.4 Å². The van der Waals surface area contributed by atoms with Crippen LogP contribution in [0.1, 0.15) is 75.1 Å². The van der Waals surface area contributed by atoms with Crippen LogP contribution >= 0.6 is 0 Å². The van der Waals surface area contributed by atoms with Crippen molar-refractivity contribution in [1.29, 1.82) is 0 Å². The minimum Gasteiger partial charge on any atom is -0.372 e. The van der Waals surface area contributed by atoms with Crippen LogP contribution in [0.3, 0.4) is 0 Å². The predicted molar refractivity (Wildman–Crippen MR) is 123 cm³/mol. The zero-order valence-corrected chi connectivity index (χ0v) is 19.0. The molecule has 5 nitrogen and oxygen atoms in total. The van der Waals surface area contributed by atoms with E-state index in [0.29, 0.717) is 36.2 Å². The van der Waals surface area contributed by atoms with Gasteiger partial charge in [-0.05, 0) is 81.0 Å². The molecule has 0 spiro atoms. The molecule has 4 aliphatic rings. The lowest BCUT2D eigenvalue weighted by molar-refractivity contribution is -0.152. The van der Waals surface area contributed by atoms with Crippen molar-refractivity contribution in [2.24, 2.45) is 11.8 Å². The van der Waals surface area contributed by atoms with Crippen LogP contribution in [0.2, 0.25) is 0 Å². The molecule has 4 heterocycles. The quantitative estimate of drug-likeness (QED) is 0.724. The van der Waals surface area contributed by atoms with Crippen molar-refractivity contribution in [3.63, 3.8) is 0 Å². The third kappa shape index (κ3) is 3.96. The maximum Gasteiger partial charge on any atom is 0.253 e. The Bertz CT molecular complexity index is 801. The van der Waals surface area contributed by atoms with Gasteiger partial charge in [0.25, 0.3) is 5.91 Å². The Hall–Kier alpha value is -2.04. The maximum atomic E-state index is 13.4. The fourth-order valence-corrected chi connectivity index (χ4v) is 6.76. The molecule has 4 saturated heterocycles. The average Bonchev–Trinajstić information content (AvgIpc) is 2.82. The van der Waals surface area contributed by atoms with Gasteiger partial charge in [-0.3, -0.25) is 9.59 Å². The van der Waals surface area contributed by atoms with E-state index in [1.54, 1.807) is 0 Å². The topological polar surface area (TPSA) is 43.9 Å². The minimum atomic E-state index is 0.172. The van der Waals surface area contributed by atoms with Crippen molar-refractivity contribution in [2.75, 3.05) is 31.1 Å². The minimum absolute atomic E-state index is 0.172. The number of rotatable bonds is 4. The van der Waals surface area contributed by atoms with Crippen molar-refractivity contribution in [3.8, 4) is 0 Å². The maximum absolute atomic E-state index is 13.4. The highest BCUT2D eigenvalue weighted by atomic mass is 16.2. The summed E-state index contributed by atoms with van der Waals surface area (Å²) in [5, 5.41) is 0. The van der Waals surface area contributed by atoms with Crippen molar-refractivity contribution in [2.45, 2.75) is 76.8 Å². The van der Waals surface area contributed by atoms with Gasteiger partial charge >= 0.3 is 0 Å². The molecule has 31 heavy (non-hydrogen) atoms. The number of amides is 2. The molecular weight excluding hydrogens is 386 g/mol. The molecule has 0 saturated carbocycles. The van der Waals surface area contributed by atoms with Gasteiger partial charge in [0, 0.05) is 55.9 Å². The summed E-state index contributed by atoms with van der Waals surface area (Å²) in [6.07, 6.45) is 10.0. The number of hydrogen-bond acceptors (Lipinski definition) is 3. The van der Waals surface area contributed by atoms with Gasteiger partial charge in [0.2, 0.25) is 5.91 Å². The van der Waals surface area contributed by atoms with Gasteiger partial charge in [-0.15, -0.1) is 0 Å². The Kier molecular flexibility index (Phi) is 5.94. The zero-order chi connectivity index (χ0) is 21.4. The number of carbonyl (C=O) groups excluding carboxylic acids is 2. The van der Waals surface area contributed by atoms with E-state index >= 15 is 0 Å². The van der Waals surface area contributed by atoms with Crippen molar-refractivity contribution >= 4 is 17.5 Å². The van der Waals surface area contributed by atoms with Crippen LogP contribution in [0, 0.1) is 11.8 Å². The molecule has 1 aromatic rings. The standard InChI is InChI=1S/C26H37N3O2/c1-2-7-23-20-16-21(24-8-6-9-25(30)29(23)24)18-28(17-20)26(31)19-10-12-22(13-11-19)27-14-4-3-5-15-27/h10-13,20-21,23-24H,2-9,14-18H2,1H3/t20-,21+,23-,24-/m0/s1. The lowest BCUT2D eigenvalue weighted by atomic mass is 9.71. The first-order valence-corrected chi connectivity index (χ1v) is 12.6. The Morgan fingerprint density at radius 2 is 1.74 bits per heavy atom. The molecule has 168 valence electrons. The average molecular weight is 424 g/mol. The van der Waals surface area contributed by atoms with Crippen molar-refractivity contribution in [3.05, 3.63) is 29.8 Å². The fraction of sp³-hybridized carbons (Fsp3) is 0.692. The molecule has 0 N–H and O–H groups in total. The van der Waals surface area contributed by atoms with E-state index < -0.39 is 0 Å². The molecule has 0 unspecified atom stereocenters. The SMILES string of the molecule is CCC[C@H]1[C@H]2C[C@H](CN(C(=O)c3ccc(N4CCCCC4)cc3)C2)[C@@H]2CCCC(=O)N21. The summed E-state index contributed by atoms with van der Waals surface area (Å²) in [6.45, 7) is 6.06. The molecule has 0 aromatic heterocycles. The van der Waals surface area contributed by atoms with Crippen molar-refractivity contribution < 1.29 is 9.59 Å². The van der Waals surface area contributed by atoms with E-state index in [0.717, 1.165) is 57.4 Å². The molecule has 0 radical (unpaired) electrons. The van der Waals surface area contributed by atoms with Gasteiger partial charge in [-0.2, -0.15) is 0 Å². The molecule has 4 atom stereocenters. The van der Waals surface area contributed by atoms with Gasteiger partial charge in [-0.1, -0.05) is 13.3 Å². The number of nitrogens with zero attached hydrogens (tertiary/aromatic N) is 3. The van der Waals surface area contributed by atoms with Crippen LogP contribution in [0.5, 0.6) is 0 Å². The van der Waals surface area contributed by atoms with Crippen LogP contribution in [0.25, 0.3) is 0 Å². The summed E-state index contributed by atoms with van der Waals surface area (Å²) >= 11 is 0. The molecule has 2 bridgehead atoms. The number of piperidine rings is 4. The van der Waals surface area contributed by atoms with E-state index in [9.17, 15) is 9.59 Å². The largest absolute Gasteiger partial charge is 0.372 e. The summed E-state index contributed by atoms with van der Waals surface area (Å²) in [7, 11) is 0. The third-order valence-electron chi connectivity index (χ3n) is 8.20. The summed E-state index contributed by atoms with van der Waals surface area (Å²) < 4.78 is 0. The lowest BCUT2D eigenvalue weighted by Crippen LogP contribution is -2.65. The molecule has 1 aromatic carbocycles. The van der Waals surface area contributed by atoms with Gasteiger partial charge in [0.15, 0.2) is 0 Å². The lowest BCUT2D eigenvalue weighted by Gasteiger charge is -2.56. The molecular formula is C26H37N3O2. The van der Waals surface area contributed by atoms with Crippen LogP contribution in [-0.2, 0) is 4.79 Å². The third-order valence-corrected chi connectivity index (χ3v) is 8.20. The number of anilines is 1. The second-order valence-electron chi connectivity index (χ2n) is 10.2. The monoisotopic (exact) mass is 423 g/mol. The van der Waals surface area contributed by atoms with Crippen LogP contribution < -0.4 is 4.90 Å². The highest BCUT2D eigenvalue weighted by molar-refractivity contribution is 5.94. The number of carbonyl (C=O) groups is 2. The Morgan fingerprint density at radius 1 is 1.00 bits per heavy atom. The first-order valence-electron chi connectivity index (χ1n) is 12.6. The predicted octanol–water partition coefficient (Wildman–Crippen LogP) is 4.32. The Balaban J connectivity index is 1.32. The normalized spacial score (nSPS) is 30.9. The van der Waals surface area contributed by atoms with E-state index in [1.807, 2.05) is 12.1 Å². The number of fused-ring (bicyclic) bond motifs is 4. The van der Waals surface area contributed by atoms with Gasteiger partial charge in [-0.25, -0.2) is 0 Å².